The minimum atomic E-state index is 0.0373. The first-order chi connectivity index (χ1) is 8.80. The van der Waals surface area contributed by atoms with Crippen LogP contribution in [0.2, 0.25) is 0 Å². The van der Waals surface area contributed by atoms with E-state index in [1.54, 1.807) is 4.68 Å². The van der Waals surface area contributed by atoms with Crippen LogP contribution in [-0.4, -0.2) is 15.0 Å². The molecule has 1 atom stereocenters. The van der Waals surface area contributed by atoms with Crippen molar-refractivity contribution in [3.8, 4) is 0 Å². The maximum absolute atomic E-state index is 6.44. The average molecular weight is 329 g/mol. The highest BCUT2D eigenvalue weighted by Gasteiger charge is 2.33. The number of hydrogen-bond donors (Lipinski definition) is 1. The van der Waals surface area contributed by atoms with Crippen molar-refractivity contribution in [2.24, 2.45) is 30.0 Å². The lowest BCUT2D eigenvalue weighted by Crippen LogP contribution is -2.31. The van der Waals surface area contributed by atoms with Gasteiger partial charge in [-0.1, -0.05) is 26.0 Å². The molecule has 2 N–H and O–H groups in total. The van der Waals surface area contributed by atoms with Crippen molar-refractivity contribution < 1.29 is 0 Å². The number of halogens is 1. The van der Waals surface area contributed by atoms with E-state index in [1.165, 1.54) is 25.7 Å². The highest BCUT2D eigenvalue weighted by Crippen LogP contribution is 2.43. The minimum absolute atomic E-state index is 0.0373. The number of rotatable bonds is 2. The molecule has 0 amide bonds. The molecule has 0 saturated heterocycles. The Morgan fingerprint density at radius 2 is 1.84 bits per heavy atom. The van der Waals surface area contributed by atoms with E-state index in [1.807, 2.05) is 7.05 Å². The monoisotopic (exact) mass is 328 g/mol. The van der Waals surface area contributed by atoms with Gasteiger partial charge in [-0.2, -0.15) is 0 Å². The van der Waals surface area contributed by atoms with Gasteiger partial charge in [-0.15, -0.1) is 5.10 Å². The van der Waals surface area contributed by atoms with Gasteiger partial charge in [-0.25, -0.2) is 4.68 Å². The van der Waals surface area contributed by atoms with Gasteiger partial charge in [0.2, 0.25) is 0 Å². The van der Waals surface area contributed by atoms with Crippen LogP contribution in [0.1, 0.15) is 58.2 Å². The van der Waals surface area contributed by atoms with Crippen molar-refractivity contribution in [3.05, 3.63) is 10.3 Å². The summed E-state index contributed by atoms with van der Waals surface area (Å²) in [5.41, 5.74) is 7.89. The molecule has 1 unspecified atom stereocenters. The summed E-state index contributed by atoms with van der Waals surface area (Å²) in [5, 5.41) is 8.06. The average Bonchev–Trinajstić information content (AvgIpc) is 2.67. The summed E-state index contributed by atoms with van der Waals surface area (Å²) < 4.78 is 2.59. The normalized spacial score (nSPS) is 26.4. The largest absolute Gasteiger partial charge is 0.322 e. The molecule has 1 saturated carbocycles. The summed E-state index contributed by atoms with van der Waals surface area (Å²) in [5.74, 6) is 1.37. The first-order valence-corrected chi connectivity index (χ1v) is 7.90. The van der Waals surface area contributed by atoms with Crippen molar-refractivity contribution in [1.82, 2.24) is 15.0 Å². The second-order valence-corrected chi connectivity index (χ2v) is 7.64. The predicted molar refractivity (Wildman–Crippen MR) is 80.5 cm³/mol. The van der Waals surface area contributed by atoms with Crippen LogP contribution in [0.5, 0.6) is 0 Å². The van der Waals surface area contributed by atoms with Crippen molar-refractivity contribution in [2.45, 2.75) is 52.5 Å². The zero-order valence-corrected chi connectivity index (χ0v) is 13.9. The molecule has 1 heterocycles. The fourth-order valence-corrected chi connectivity index (χ4v) is 3.85. The molecule has 5 heteroatoms. The van der Waals surface area contributed by atoms with Crippen LogP contribution in [0.25, 0.3) is 0 Å². The fourth-order valence-electron chi connectivity index (χ4n) is 3.26. The van der Waals surface area contributed by atoms with Crippen LogP contribution in [-0.2, 0) is 7.05 Å². The number of aryl methyl sites for hydroxylation is 1. The van der Waals surface area contributed by atoms with Crippen LogP contribution in [0.3, 0.4) is 0 Å². The van der Waals surface area contributed by atoms with Crippen LogP contribution in [0, 0.1) is 17.3 Å². The number of nitrogens with two attached hydrogens (primary N) is 1. The molecule has 1 fully saturated rings. The molecule has 0 bridgehead atoms. The molecular formula is C14H25BrN4. The van der Waals surface area contributed by atoms with Crippen molar-refractivity contribution in [2.75, 3.05) is 0 Å². The van der Waals surface area contributed by atoms with E-state index in [2.05, 4.69) is 47.0 Å². The molecule has 1 aromatic heterocycles. The number of hydrogen-bond acceptors (Lipinski definition) is 3. The predicted octanol–water partition coefficient (Wildman–Crippen LogP) is 3.43. The van der Waals surface area contributed by atoms with E-state index in [4.69, 9.17) is 5.73 Å². The Morgan fingerprint density at radius 1 is 1.26 bits per heavy atom. The van der Waals surface area contributed by atoms with E-state index in [-0.39, 0.29) is 6.04 Å². The maximum atomic E-state index is 6.44. The standard InChI is InChI=1S/C14H25BrN4/c1-14(2,3)10-7-5-9(6-8-10)11(16)12-13(15)17-18-19(12)4/h9-11H,5-8,16H2,1-4H3. The third-order valence-corrected chi connectivity index (χ3v) is 5.21. The maximum Gasteiger partial charge on any atom is 0.153 e. The lowest BCUT2D eigenvalue weighted by molar-refractivity contribution is 0.138. The Kier molecular flexibility index (Phi) is 4.35. The van der Waals surface area contributed by atoms with E-state index in [0.29, 0.717) is 11.3 Å². The summed E-state index contributed by atoms with van der Waals surface area (Å²) in [7, 11) is 1.91. The van der Waals surface area contributed by atoms with E-state index in [0.717, 1.165) is 16.2 Å². The second-order valence-electron chi connectivity index (χ2n) is 6.89. The van der Waals surface area contributed by atoms with Gasteiger partial charge in [0.15, 0.2) is 4.60 Å². The quantitative estimate of drug-likeness (QED) is 0.904. The van der Waals surface area contributed by atoms with Gasteiger partial charge in [-0.3, -0.25) is 0 Å². The van der Waals surface area contributed by atoms with Gasteiger partial charge < -0.3 is 5.73 Å². The Bertz CT molecular complexity index is 408. The van der Waals surface area contributed by atoms with E-state index in [9.17, 15) is 0 Å². The second kappa shape index (κ2) is 5.52. The number of nitrogens with zero attached hydrogens (tertiary/aromatic N) is 3. The third-order valence-electron chi connectivity index (χ3n) is 4.65. The molecular weight excluding hydrogens is 304 g/mol. The Labute approximate surface area is 124 Å². The molecule has 2 rings (SSSR count). The minimum Gasteiger partial charge on any atom is -0.322 e. The molecule has 0 aliphatic heterocycles. The summed E-state index contributed by atoms with van der Waals surface area (Å²) in [6.45, 7) is 7.04. The highest BCUT2D eigenvalue weighted by molar-refractivity contribution is 9.10. The van der Waals surface area contributed by atoms with Gasteiger partial charge >= 0.3 is 0 Å². The van der Waals surface area contributed by atoms with Crippen molar-refractivity contribution in [1.29, 1.82) is 0 Å². The molecule has 0 spiro atoms. The molecule has 19 heavy (non-hydrogen) atoms. The SMILES string of the molecule is Cn1nnc(Br)c1C(N)C1CCC(C(C)(C)C)CC1. The molecule has 4 nitrogen and oxygen atoms in total. The lowest BCUT2D eigenvalue weighted by Gasteiger charge is -2.38. The van der Waals surface area contributed by atoms with Crippen LogP contribution in [0.15, 0.2) is 4.60 Å². The Balaban J connectivity index is 2.02. The Hall–Kier alpha value is -0.420. The highest BCUT2D eigenvalue weighted by atomic mass is 79.9. The Morgan fingerprint density at radius 3 is 2.26 bits per heavy atom. The first kappa shape index (κ1) is 15.0. The summed E-state index contributed by atoms with van der Waals surface area (Å²) >= 11 is 3.45. The molecule has 1 aliphatic rings. The lowest BCUT2D eigenvalue weighted by atomic mass is 9.68. The summed E-state index contributed by atoms with van der Waals surface area (Å²) in [6.07, 6.45) is 4.98. The van der Waals surface area contributed by atoms with Crippen molar-refractivity contribution in [3.63, 3.8) is 0 Å². The molecule has 108 valence electrons. The van der Waals surface area contributed by atoms with Gasteiger partial charge in [0.1, 0.15) is 0 Å². The van der Waals surface area contributed by atoms with Crippen LogP contribution < -0.4 is 5.73 Å². The molecule has 0 radical (unpaired) electrons. The van der Waals surface area contributed by atoms with Gasteiger partial charge in [0.05, 0.1) is 11.7 Å². The molecule has 0 aromatic carbocycles. The van der Waals surface area contributed by atoms with Crippen LogP contribution >= 0.6 is 15.9 Å². The van der Waals surface area contributed by atoms with Crippen molar-refractivity contribution >= 4 is 15.9 Å². The van der Waals surface area contributed by atoms with E-state index >= 15 is 0 Å². The first-order valence-electron chi connectivity index (χ1n) is 7.11. The van der Waals surface area contributed by atoms with Gasteiger partial charge in [-0.05, 0) is 58.9 Å². The third kappa shape index (κ3) is 3.19. The van der Waals surface area contributed by atoms with Gasteiger partial charge in [0.25, 0.3) is 0 Å². The molecule has 1 aromatic rings. The zero-order chi connectivity index (χ0) is 14.2. The summed E-state index contributed by atoms with van der Waals surface area (Å²) in [4.78, 5) is 0. The van der Waals surface area contributed by atoms with Gasteiger partial charge in [0, 0.05) is 7.05 Å². The fraction of sp³-hybridized carbons (Fsp3) is 0.857. The van der Waals surface area contributed by atoms with Crippen LogP contribution in [0.4, 0.5) is 0 Å². The zero-order valence-electron chi connectivity index (χ0n) is 12.4. The molecule has 1 aliphatic carbocycles. The topological polar surface area (TPSA) is 56.7 Å². The number of aromatic nitrogens is 3. The smallest absolute Gasteiger partial charge is 0.153 e. The summed E-state index contributed by atoms with van der Waals surface area (Å²) in [6, 6.07) is 0.0373. The van der Waals surface area contributed by atoms with E-state index < -0.39 is 0 Å².